The quantitative estimate of drug-likeness (QED) is 0.884. The van der Waals surface area contributed by atoms with Crippen molar-refractivity contribution >= 4 is 33.1 Å². The summed E-state index contributed by atoms with van der Waals surface area (Å²) in [7, 11) is 1.69. The lowest BCUT2D eigenvalue weighted by molar-refractivity contribution is 0.183. The normalized spacial score (nSPS) is 12.6. The molecular weight excluding hydrogens is 316 g/mol. The van der Waals surface area contributed by atoms with Crippen LogP contribution in [0.2, 0.25) is 0 Å². The summed E-state index contributed by atoms with van der Waals surface area (Å²) in [5, 5.41) is 8.77. The molecule has 0 saturated carbocycles. The fourth-order valence-corrected chi connectivity index (χ4v) is 2.74. The molecule has 98 valence electrons. The Morgan fingerprint density at radius 2 is 2.44 bits per heavy atom. The Morgan fingerprint density at radius 1 is 1.61 bits per heavy atom. The molecule has 0 radical (unpaired) electrons. The largest absolute Gasteiger partial charge is 0.383 e. The van der Waals surface area contributed by atoms with E-state index in [0.717, 1.165) is 21.2 Å². The minimum atomic E-state index is 0.145. The highest BCUT2D eigenvalue weighted by Crippen LogP contribution is 2.26. The molecule has 0 spiro atoms. The minimum absolute atomic E-state index is 0.145. The highest BCUT2D eigenvalue weighted by Gasteiger charge is 2.10. The van der Waals surface area contributed by atoms with Crippen molar-refractivity contribution in [1.29, 1.82) is 0 Å². The molecule has 1 N–H and O–H groups in total. The molecule has 0 aliphatic rings. The first kappa shape index (κ1) is 13.5. The number of rotatable bonds is 6. The van der Waals surface area contributed by atoms with Gasteiger partial charge in [-0.15, -0.1) is 11.3 Å². The van der Waals surface area contributed by atoms with Gasteiger partial charge < -0.3 is 10.1 Å². The molecule has 0 aliphatic heterocycles. The van der Waals surface area contributed by atoms with E-state index in [9.17, 15) is 0 Å². The van der Waals surface area contributed by atoms with E-state index in [2.05, 4.69) is 38.3 Å². The number of hydrogen-bond acceptors (Lipinski definition) is 5. The van der Waals surface area contributed by atoms with Crippen LogP contribution in [0.15, 0.2) is 22.2 Å². The average Bonchev–Trinajstić information content (AvgIpc) is 2.96. The highest BCUT2D eigenvalue weighted by molar-refractivity contribution is 9.11. The first-order chi connectivity index (χ1) is 8.69. The van der Waals surface area contributed by atoms with Crippen molar-refractivity contribution in [3.63, 3.8) is 0 Å². The Balaban J connectivity index is 1.94. The van der Waals surface area contributed by atoms with Crippen LogP contribution in [0, 0.1) is 0 Å². The lowest BCUT2D eigenvalue weighted by Gasteiger charge is -2.09. The van der Waals surface area contributed by atoms with E-state index >= 15 is 0 Å². The molecule has 2 heterocycles. The molecule has 2 aromatic rings. The molecule has 0 aromatic carbocycles. The number of ether oxygens (including phenoxy) is 1. The van der Waals surface area contributed by atoms with Crippen LogP contribution >= 0.6 is 27.3 Å². The molecule has 0 aliphatic carbocycles. The lowest BCUT2D eigenvalue weighted by atomic mass is 10.3. The zero-order valence-electron chi connectivity index (χ0n) is 10.3. The van der Waals surface area contributed by atoms with Gasteiger partial charge >= 0.3 is 0 Å². The zero-order valence-corrected chi connectivity index (χ0v) is 12.7. The third-order valence-electron chi connectivity index (χ3n) is 2.40. The Kier molecular flexibility index (Phi) is 4.73. The maximum atomic E-state index is 5.01. The second-order valence-corrected chi connectivity index (χ2v) is 6.27. The molecule has 2 aromatic heterocycles. The predicted octanol–water partition coefficient (Wildman–Crippen LogP) is 2.92. The van der Waals surface area contributed by atoms with Crippen LogP contribution in [-0.2, 0) is 11.3 Å². The summed E-state index contributed by atoms with van der Waals surface area (Å²) < 4.78 is 7.91. The smallest absolute Gasteiger partial charge is 0.148 e. The van der Waals surface area contributed by atoms with Crippen molar-refractivity contribution in [3.8, 4) is 0 Å². The van der Waals surface area contributed by atoms with E-state index in [4.69, 9.17) is 4.74 Å². The summed E-state index contributed by atoms with van der Waals surface area (Å²) >= 11 is 5.04. The van der Waals surface area contributed by atoms with E-state index < -0.39 is 0 Å². The van der Waals surface area contributed by atoms with Gasteiger partial charge in [-0.05, 0) is 22.9 Å². The Morgan fingerprint density at radius 3 is 3.11 bits per heavy atom. The number of nitrogens with one attached hydrogen (secondary N) is 1. The molecule has 0 fully saturated rings. The first-order valence-electron chi connectivity index (χ1n) is 5.59. The fraction of sp³-hybridized carbons (Fsp3) is 0.455. The van der Waals surface area contributed by atoms with E-state index in [0.29, 0.717) is 6.61 Å². The standard InChI is InChI=1S/C11H15BrN4OS/c1-8(11-13-7-9(12)18-11)14-10-3-4-16(15-10)5-6-17-2/h3-4,7-8H,5-6H2,1-2H3,(H,14,15)/t8-/m1/s1. The second-order valence-electron chi connectivity index (χ2n) is 3.83. The van der Waals surface area contributed by atoms with Crippen molar-refractivity contribution in [3.05, 3.63) is 27.3 Å². The molecular formula is C11H15BrN4OS. The molecule has 7 heteroatoms. The van der Waals surface area contributed by atoms with Gasteiger partial charge in [-0.1, -0.05) is 0 Å². The van der Waals surface area contributed by atoms with Crippen molar-refractivity contribution in [1.82, 2.24) is 14.8 Å². The number of aromatic nitrogens is 3. The van der Waals surface area contributed by atoms with Gasteiger partial charge in [0.15, 0.2) is 0 Å². The molecule has 5 nitrogen and oxygen atoms in total. The molecule has 1 atom stereocenters. The van der Waals surface area contributed by atoms with Gasteiger partial charge in [-0.25, -0.2) is 4.98 Å². The van der Waals surface area contributed by atoms with Gasteiger partial charge in [0.25, 0.3) is 0 Å². The third-order valence-corrected chi connectivity index (χ3v) is 4.05. The summed E-state index contributed by atoms with van der Waals surface area (Å²) in [5.41, 5.74) is 0. The van der Waals surface area contributed by atoms with E-state index in [-0.39, 0.29) is 6.04 Å². The topological polar surface area (TPSA) is 52.0 Å². The van der Waals surface area contributed by atoms with E-state index in [1.165, 1.54) is 0 Å². The monoisotopic (exact) mass is 330 g/mol. The predicted molar refractivity (Wildman–Crippen MR) is 76.0 cm³/mol. The Labute approximate surface area is 118 Å². The number of hydrogen-bond donors (Lipinski definition) is 1. The van der Waals surface area contributed by atoms with Gasteiger partial charge in [-0.2, -0.15) is 5.10 Å². The summed E-state index contributed by atoms with van der Waals surface area (Å²) in [6.07, 6.45) is 3.75. The Hall–Kier alpha value is -0.920. The number of halogens is 1. The van der Waals surface area contributed by atoms with Gasteiger partial charge in [-0.3, -0.25) is 4.68 Å². The Bertz CT molecular complexity index is 499. The fourth-order valence-electron chi connectivity index (χ4n) is 1.50. The number of methoxy groups -OCH3 is 1. The first-order valence-corrected chi connectivity index (χ1v) is 7.20. The second kappa shape index (κ2) is 6.31. The molecule has 2 rings (SSSR count). The van der Waals surface area contributed by atoms with Crippen molar-refractivity contribution in [2.24, 2.45) is 0 Å². The third kappa shape index (κ3) is 3.54. The molecule has 0 unspecified atom stereocenters. The van der Waals surface area contributed by atoms with Crippen LogP contribution in [-0.4, -0.2) is 28.5 Å². The van der Waals surface area contributed by atoms with Crippen LogP contribution in [0.1, 0.15) is 18.0 Å². The molecule has 18 heavy (non-hydrogen) atoms. The number of anilines is 1. The minimum Gasteiger partial charge on any atom is -0.383 e. The lowest BCUT2D eigenvalue weighted by Crippen LogP contribution is -2.08. The zero-order chi connectivity index (χ0) is 13.0. The van der Waals surface area contributed by atoms with Gasteiger partial charge in [0.2, 0.25) is 0 Å². The van der Waals surface area contributed by atoms with Crippen LogP contribution in [0.4, 0.5) is 5.82 Å². The van der Waals surface area contributed by atoms with Crippen LogP contribution in [0.25, 0.3) is 0 Å². The van der Waals surface area contributed by atoms with E-state index in [1.807, 2.05) is 23.1 Å². The van der Waals surface area contributed by atoms with E-state index in [1.54, 1.807) is 18.4 Å². The van der Waals surface area contributed by atoms with Crippen LogP contribution in [0.5, 0.6) is 0 Å². The summed E-state index contributed by atoms with van der Waals surface area (Å²) in [4.78, 5) is 4.32. The van der Waals surface area contributed by atoms with Crippen LogP contribution in [0.3, 0.4) is 0 Å². The average molecular weight is 331 g/mol. The molecule has 0 saturated heterocycles. The van der Waals surface area contributed by atoms with Crippen molar-refractivity contribution in [2.75, 3.05) is 19.0 Å². The molecule has 0 amide bonds. The summed E-state index contributed by atoms with van der Waals surface area (Å²) in [5.74, 6) is 0.852. The SMILES string of the molecule is COCCn1ccc(N[C@H](C)c2ncc(Br)s2)n1. The van der Waals surface area contributed by atoms with Gasteiger partial charge in [0, 0.05) is 19.4 Å². The van der Waals surface area contributed by atoms with Crippen molar-refractivity contribution in [2.45, 2.75) is 19.5 Å². The van der Waals surface area contributed by atoms with Crippen LogP contribution < -0.4 is 5.32 Å². The summed E-state index contributed by atoms with van der Waals surface area (Å²) in [6.45, 7) is 3.49. The maximum Gasteiger partial charge on any atom is 0.148 e. The number of nitrogens with zero attached hydrogens (tertiary/aromatic N) is 3. The van der Waals surface area contributed by atoms with Gasteiger partial charge in [0.1, 0.15) is 10.8 Å². The highest BCUT2D eigenvalue weighted by atomic mass is 79.9. The number of thiazole rings is 1. The summed E-state index contributed by atoms with van der Waals surface area (Å²) in [6, 6.07) is 2.10. The van der Waals surface area contributed by atoms with Gasteiger partial charge in [0.05, 0.1) is 29.2 Å². The molecule has 0 bridgehead atoms. The van der Waals surface area contributed by atoms with Crippen molar-refractivity contribution < 1.29 is 4.74 Å². The maximum absolute atomic E-state index is 5.01.